The zero-order valence-corrected chi connectivity index (χ0v) is 20.8. The van der Waals surface area contributed by atoms with Crippen LogP contribution in [0.15, 0.2) is 25.3 Å². The summed E-state index contributed by atoms with van der Waals surface area (Å²) in [6, 6.07) is -0.892. The lowest BCUT2D eigenvalue weighted by atomic mass is 9.62. The molecule has 3 fully saturated rings. The normalized spacial score (nSPS) is 33.6. The maximum atomic E-state index is 13.9. The van der Waals surface area contributed by atoms with Gasteiger partial charge in [-0.2, -0.15) is 0 Å². The third-order valence-corrected chi connectivity index (χ3v) is 7.88. The molecule has 3 rings (SSSR count). The lowest BCUT2D eigenvalue weighted by molar-refractivity contribution is -0.162. The van der Waals surface area contributed by atoms with Crippen molar-refractivity contribution < 1.29 is 29.0 Å². The van der Waals surface area contributed by atoms with Crippen molar-refractivity contribution in [3.8, 4) is 0 Å². The highest BCUT2D eigenvalue weighted by atomic mass is 16.6. The van der Waals surface area contributed by atoms with Crippen LogP contribution in [0.4, 0.5) is 0 Å². The standard InChI is InChI=1S/C26H40N2O6/c1-6-9-11-16-33-24(32)20-19-22(30)28(14-15-29)21(23(31)27(12-8-3)13-10-7-2)26(19)17-18(4)25(20,5)34-26/h6,8,18-21,29H,1,3,7,9-17H2,2,4-5H3/t18?,19-,20-,21?,25+,26?/m0/s1. The highest BCUT2D eigenvalue weighted by Crippen LogP contribution is 2.65. The van der Waals surface area contributed by atoms with E-state index in [-0.39, 0.29) is 37.5 Å². The molecule has 3 aliphatic heterocycles. The fourth-order valence-electron chi connectivity index (χ4n) is 6.18. The van der Waals surface area contributed by atoms with Gasteiger partial charge in [0, 0.05) is 19.6 Å². The molecule has 3 saturated heterocycles. The number of nitrogens with zero attached hydrogens (tertiary/aromatic N) is 2. The Morgan fingerprint density at radius 1 is 1.32 bits per heavy atom. The second-order valence-corrected chi connectivity index (χ2v) is 9.98. The van der Waals surface area contributed by atoms with Crippen LogP contribution in [0, 0.1) is 17.8 Å². The fraction of sp³-hybridized carbons (Fsp3) is 0.731. The molecule has 8 nitrogen and oxygen atoms in total. The molecule has 3 aliphatic rings. The minimum Gasteiger partial charge on any atom is -0.465 e. The van der Waals surface area contributed by atoms with Gasteiger partial charge in [0.2, 0.25) is 11.8 Å². The minimum absolute atomic E-state index is 0.0127. The van der Waals surface area contributed by atoms with Crippen LogP contribution >= 0.6 is 0 Å². The number of aliphatic hydroxyl groups is 1. The molecular formula is C26H40N2O6. The van der Waals surface area contributed by atoms with Crippen LogP contribution in [0.1, 0.15) is 52.9 Å². The van der Waals surface area contributed by atoms with Gasteiger partial charge >= 0.3 is 5.97 Å². The Balaban J connectivity index is 1.99. The Bertz CT molecular complexity index is 815. The van der Waals surface area contributed by atoms with Crippen molar-refractivity contribution in [1.29, 1.82) is 0 Å². The van der Waals surface area contributed by atoms with Gasteiger partial charge in [0.15, 0.2) is 0 Å². The molecule has 0 radical (unpaired) electrons. The minimum atomic E-state index is -1.12. The molecule has 0 aromatic heterocycles. The van der Waals surface area contributed by atoms with Crippen molar-refractivity contribution in [2.24, 2.45) is 17.8 Å². The molecule has 0 aliphatic carbocycles. The summed E-state index contributed by atoms with van der Waals surface area (Å²) in [5.41, 5.74) is -2.01. The van der Waals surface area contributed by atoms with Gasteiger partial charge in [0.1, 0.15) is 17.6 Å². The van der Waals surface area contributed by atoms with Crippen molar-refractivity contribution >= 4 is 17.8 Å². The van der Waals surface area contributed by atoms with Gasteiger partial charge in [-0.1, -0.05) is 32.4 Å². The van der Waals surface area contributed by atoms with E-state index in [1.165, 1.54) is 4.90 Å². The zero-order chi connectivity index (χ0) is 25.1. The van der Waals surface area contributed by atoms with Gasteiger partial charge in [-0.25, -0.2) is 0 Å². The first-order valence-electron chi connectivity index (χ1n) is 12.5. The predicted octanol–water partition coefficient (Wildman–Crippen LogP) is 2.31. The molecule has 34 heavy (non-hydrogen) atoms. The van der Waals surface area contributed by atoms with Crippen LogP contribution in [0.3, 0.4) is 0 Å². The molecule has 2 bridgehead atoms. The van der Waals surface area contributed by atoms with Crippen molar-refractivity contribution in [3.63, 3.8) is 0 Å². The summed E-state index contributed by atoms with van der Waals surface area (Å²) in [6.45, 7) is 14.3. The van der Waals surface area contributed by atoms with Gasteiger partial charge in [0.25, 0.3) is 0 Å². The molecule has 0 aromatic rings. The van der Waals surface area contributed by atoms with Crippen LogP contribution in [0.25, 0.3) is 0 Å². The van der Waals surface area contributed by atoms with Crippen molar-refractivity contribution in [1.82, 2.24) is 9.80 Å². The summed E-state index contributed by atoms with van der Waals surface area (Å²) in [7, 11) is 0. The van der Waals surface area contributed by atoms with Crippen LogP contribution in [-0.4, -0.2) is 82.8 Å². The largest absolute Gasteiger partial charge is 0.465 e. The average Bonchev–Trinajstić information content (AvgIpc) is 3.31. The third-order valence-electron chi connectivity index (χ3n) is 7.88. The number of esters is 1. The summed E-state index contributed by atoms with van der Waals surface area (Å²) < 4.78 is 12.2. The van der Waals surface area contributed by atoms with E-state index < -0.39 is 35.0 Å². The van der Waals surface area contributed by atoms with E-state index in [2.05, 4.69) is 20.1 Å². The number of unbranched alkanes of at least 4 members (excludes halogenated alkanes) is 2. The third kappa shape index (κ3) is 4.19. The molecule has 190 valence electrons. The number of rotatable bonds is 13. The van der Waals surface area contributed by atoms with Gasteiger partial charge in [-0.15, -0.1) is 13.2 Å². The molecule has 1 spiro atoms. The van der Waals surface area contributed by atoms with Crippen LogP contribution in [0.2, 0.25) is 0 Å². The number of likely N-dealkylation sites (tertiary alicyclic amines) is 1. The number of hydrogen-bond acceptors (Lipinski definition) is 6. The van der Waals surface area contributed by atoms with Crippen molar-refractivity contribution in [2.45, 2.75) is 70.1 Å². The van der Waals surface area contributed by atoms with Crippen molar-refractivity contribution in [3.05, 3.63) is 25.3 Å². The first kappa shape index (κ1) is 26.4. The van der Waals surface area contributed by atoms with E-state index in [0.29, 0.717) is 25.9 Å². The molecule has 1 N–H and O–H groups in total. The van der Waals surface area contributed by atoms with Crippen LogP contribution in [-0.2, 0) is 23.9 Å². The SMILES string of the molecule is C=CCCCOC(=O)[C@@H]1[C@H]2C(=O)N(CCO)C(C(=O)N(CC=C)CCCC)C23CC(C)[C@@]1(C)O3. The van der Waals surface area contributed by atoms with Crippen LogP contribution in [0.5, 0.6) is 0 Å². The average molecular weight is 477 g/mol. The Hall–Kier alpha value is -2.19. The molecule has 6 atom stereocenters. The summed E-state index contributed by atoms with van der Waals surface area (Å²) >= 11 is 0. The second-order valence-electron chi connectivity index (χ2n) is 9.98. The van der Waals surface area contributed by atoms with E-state index >= 15 is 0 Å². The topological polar surface area (TPSA) is 96.4 Å². The lowest BCUT2D eigenvalue weighted by Gasteiger charge is -2.37. The van der Waals surface area contributed by atoms with Gasteiger partial charge in [0.05, 0.1) is 24.7 Å². The molecule has 0 saturated carbocycles. The second kappa shape index (κ2) is 10.6. The monoisotopic (exact) mass is 476 g/mol. The van der Waals surface area contributed by atoms with Crippen molar-refractivity contribution in [2.75, 3.05) is 32.8 Å². The number of carbonyl (C=O) groups is 3. The molecule has 3 heterocycles. The molecule has 0 aromatic carbocycles. The maximum absolute atomic E-state index is 13.9. The molecule has 8 heteroatoms. The van der Waals surface area contributed by atoms with Crippen LogP contribution < -0.4 is 0 Å². The highest BCUT2D eigenvalue weighted by Gasteiger charge is 2.80. The number of fused-ring (bicyclic) bond motifs is 1. The summed E-state index contributed by atoms with van der Waals surface area (Å²) in [5.74, 6) is -2.63. The first-order valence-corrected chi connectivity index (χ1v) is 12.5. The zero-order valence-electron chi connectivity index (χ0n) is 20.8. The van der Waals surface area contributed by atoms with Gasteiger partial charge in [-0.3, -0.25) is 14.4 Å². The summed E-state index contributed by atoms with van der Waals surface area (Å²) in [6.07, 6.45) is 7.07. The quantitative estimate of drug-likeness (QED) is 0.249. The number of β-amino-alcohol motifs (C(OH)–C–C–N with tert-alkyl or cyclic N) is 1. The Morgan fingerprint density at radius 3 is 2.68 bits per heavy atom. The van der Waals surface area contributed by atoms with Gasteiger partial charge < -0.3 is 24.4 Å². The molecule has 3 unspecified atom stereocenters. The first-order chi connectivity index (χ1) is 16.2. The number of allylic oxidation sites excluding steroid dienone is 1. The lowest BCUT2D eigenvalue weighted by Crippen LogP contribution is -2.57. The van der Waals surface area contributed by atoms with E-state index in [1.807, 2.05) is 13.8 Å². The Morgan fingerprint density at radius 2 is 2.06 bits per heavy atom. The summed E-state index contributed by atoms with van der Waals surface area (Å²) in [5, 5.41) is 9.73. The fourth-order valence-corrected chi connectivity index (χ4v) is 6.18. The highest BCUT2D eigenvalue weighted by molar-refractivity contribution is 5.98. The number of ether oxygens (including phenoxy) is 2. The van der Waals surface area contributed by atoms with E-state index in [9.17, 15) is 19.5 Å². The summed E-state index contributed by atoms with van der Waals surface area (Å²) in [4.78, 5) is 44.1. The predicted molar refractivity (Wildman–Crippen MR) is 128 cm³/mol. The number of aliphatic hydroxyl groups excluding tert-OH is 1. The van der Waals surface area contributed by atoms with E-state index in [1.54, 1.807) is 17.1 Å². The van der Waals surface area contributed by atoms with Gasteiger partial charge in [-0.05, 0) is 38.5 Å². The number of carbonyl (C=O) groups excluding carboxylic acids is 3. The van der Waals surface area contributed by atoms with E-state index in [4.69, 9.17) is 9.47 Å². The van der Waals surface area contributed by atoms with E-state index in [0.717, 1.165) is 19.3 Å². The number of amides is 2. The molecular weight excluding hydrogens is 436 g/mol. The Kier molecular flexibility index (Phi) is 8.24. The smallest absolute Gasteiger partial charge is 0.312 e. The number of hydrogen-bond donors (Lipinski definition) is 1. The maximum Gasteiger partial charge on any atom is 0.312 e. The Labute approximate surface area is 202 Å². The molecule has 2 amide bonds.